The number of carbonyl (C=O) groups is 1. The number of aldehydes is 1. The van der Waals surface area contributed by atoms with Gasteiger partial charge in [0.25, 0.3) is 0 Å². The fourth-order valence-corrected chi connectivity index (χ4v) is 1.84. The van der Waals surface area contributed by atoms with Crippen LogP contribution in [0.15, 0.2) is 0 Å². The first-order chi connectivity index (χ1) is 6.38. The number of rotatable bonds is 5. The largest absolute Gasteiger partial charge is 0.379 e. The minimum absolute atomic E-state index is 0.450. The van der Waals surface area contributed by atoms with E-state index in [1.165, 1.54) is 0 Å². The number of ether oxygens (including phenoxy) is 1. The number of carbonyl (C=O) groups excluding carboxylic acids is 1. The van der Waals surface area contributed by atoms with Gasteiger partial charge in [0, 0.05) is 25.6 Å². The van der Waals surface area contributed by atoms with Gasteiger partial charge in [0.1, 0.15) is 6.29 Å². The quantitative estimate of drug-likeness (QED) is 0.600. The van der Waals surface area contributed by atoms with Crippen molar-refractivity contribution in [1.29, 1.82) is 0 Å². The van der Waals surface area contributed by atoms with Crippen LogP contribution in [0.3, 0.4) is 0 Å². The zero-order chi connectivity index (χ0) is 9.52. The maximum atomic E-state index is 10.5. The van der Waals surface area contributed by atoms with Gasteiger partial charge in [-0.2, -0.15) is 0 Å². The molecule has 1 atom stereocenters. The lowest BCUT2D eigenvalue weighted by molar-refractivity contribution is -0.109. The van der Waals surface area contributed by atoms with Crippen molar-refractivity contribution in [2.75, 3.05) is 26.3 Å². The molecule has 1 aliphatic heterocycles. The van der Waals surface area contributed by atoms with Crippen molar-refractivity contribution >= 4 is 6.29 Å². The van der Waals surface area contributed by atoms with Crippen molar-refractivity contribution < 1.29 is 9.53 Å². The van der Waals surface area contributed by atoms with E-state index in [4.69, 9.17) is 4.74 Å². The van der Waals surface area contributed by atoms with E-state index in [2.05, 4.69) is 11.8 Å². The third-order valence-electron chi connectivity index (χ3n) is 2.55. The molecule has 1 heterocycles. The first kappa shape index (κ1) is 10.7. The topological polar surface area (TPSA) is 29.5 Å². The van der Waals surface area contributed by atoms with Gasteiger partial charge in [0.15, 0.2) is 0 Å². The third-order valence-corrected chi connectivity index (χ3v) is 2.55. The van der Waals surface area contributed by atoms with Gasteiger partial charge in [-0.25, -0.2) is 0 Å². The molecular formula is C10H19NO2. The summed E-state index contributed by atoms with van der Waals surface area (Å²) in [5.74, 6) is 0. The molecule has 0 amide bonds. The van der Waals surface area contributed by atoms with Crippen LogP contribution in [0.1, 0.15) is 26.2 Å². The summed E-state index contributed by atoms with van der Waals surface area (Å²) in [7, 11) is 0. The highest BCUT2D eigenvalue weighted by molar-refractivity contribution is 5.50. The first-order valence-corrected chi connectivity index (χ1v) is 5.14. The lowest BCUT2D eigenvalue weighted by atomic mass is 10.1. The number of hydrogen-bond donors (Lipinski definition) is 0. The van der Waals surface area contributed by atoms with Crippen LogP contribution in [0.25, 0.3) is 0 Å². The van der Waals surface area contributed by atoms with Crippen LogP contribution in [0.5, 0.6) is 0 Å². The highest BCUT2D eigenvalue weighted by Gasteiger charge is 2.19. The van der Waals surface area contributed by atoms with Crippen molar-refractivity contribution in [3.63, 3.8) is 0 Å². The monoisotopic (exact) mass is 185 g/mol. The van der Waals surface area contributed by atoms with E-state index in [0.717, 1.165) is 45.4 Å². The molecular weight excluding hydrogens is 166 g/mol. The predicted octanol–water partition coefficient (Wildman–Crippen LogP) is 1.08. The number of hydrogen-bond acceptors (Lipinski definition) is 3. The molecule has 0 spiro atoms. The van der Waals surface area contributed by atoms with Gasteiger partial charge in [0.05, 0.1) is 13.2 Å². The summed E-state index contributed by atoms with van der Waals surface area (Å²) in [6.07, 6.45) is 3.98. The molecule has 0 aliphatic carbocycles. The van der Waals surface area contributed by atoms with E-state index in [1.54, 1.807) is 0 Å². The van der Waals surface area contributed by atoms with Crippen LogP contribution in [-0.2, 0) is 9.53 Å². The van der Waals surface area contributed by atoms with Crippen molar-refractivity contribution in [3.8, 4) is 0 Å². The maximum Gasteiger partial charge on any atom is 0.121 e. The lowest BCUT2D eigenvalue weighted by Gasteiger charge is -2.33. The van der Waals surface area contributed by atoms with E-state index in [0.29, 0.717) is 12.5 Å². The standard InChI is InChI=1S/C10H19NO2/c1-2-3-10(4-7-12)11-5-8-13-9-6-11/h7,10H,2-6,8-9H2,1H3. The average Bonchev–Trinajstić information content (AvgIpc) is 2.19. The molecule has 0 saturated carbocycles. The summed E-state index contributed by atoms with van der Waals surface area (Å²) in [5, 5.41) is 0. The Balaban J connectivity index is 2.36. The van der Waals surface area contributed by atoms with Crippen LogP contribution in [0.2, 0.25) is 0 Å². The molecule has 13 heavy (non-hydrogen) atoms. The Morgan fingerprint density at radius 2 is 2.15 bits per heavy atom. The van der Waals surface area contributed by atoms with Gasteiger partial charge in [-0.3, -0.25) is 4.90 Å². The Morgan fingerprint density at radius 3 is 2.69 bits per heavy atom. The normalized spacial score (nSPS) is 21.3. The summed E-state index contributed by atoms with van der Waals surface area (Å²) < 4.78 is 5.28. The molecule has 0 aromatic rings. The molecule has 0 N–H and O–H groups in total. The smallest absolute Gasteiger partial charge is 0.121 e. The molecule has 0 aromatic carbocycles. The van der Waals surface area contributed by atoms with E-state index in [-0.39, 0.29) is 0 Å². The fraction of sp³-hybridized carbons (Fsp3) is 0.900. The van der Waals surface area contributed by atoms with Crippen LogP contribution >= 0.6 is 0 Å². The average molecular weight is 185 g/mol. The second-order valence-electron chi connectivity index (χ2n) is 3.49. The molecule has 1 unspecified atom stereocenters. The minimum Gasteiger partial charge on any atom is -0.379 e. The molecule has 3 nitrogen and oxygen atoms in total. The zero-order valence-electron chi connectivity index (χ0n) is 8.37. The van der Waals surface area contributed by atoms with Crippen molar-refractivity contribution in [2.24, 2.45) is 0 Å². The van der Waals surface area contributed by atoms with Crippen LogP contribution < -0.4 is 0 Å². The van der Waals surface area contributed by atoms with Crippen molar-refractivity contribution in [1.82, 2.24) is 4.90 Å². The minimum atomic E-state index is 0.450. The molecule has 1 aliphatic rings. The van der Waals surface area contributed by atoms with Crippen molar-refractivity contribution in [2.45, 2.75) is 32.2 Å². The Kier molecular flexibility index (Phi) is 5.01. The molecule has 76 valence electrons. The summed E-state index contributed by atoms with van der Waals surface area (Å²) in [5.41, 5.74) is 0. The van der Waals surface area contributed by atoms with E-state index in [9.17, 15) is 4.79 Å². The molecule has 0 bridgehead atoms. The molecule has 1 rings (SSSR count). The molecule has 1 saturated heterocycles. The molecule has 1 fully saturated rings. The van der Waals surface area contributed by atoms with Crippen molar-refractivity contribution in [3.05, 3.63) is 0 Å². The summed E-state index contributed by atoms with van der Waals surface area (Å²) >= 11 is 0. The van der Waals surface area contributed by atoms with E-state index in [1.807, 2.05) is 0 Å². The molecule has 0 aromatic heterocycles. The van der Waals surface area contributed by atoms with Crippen LogP contribution in [-0.4, -0.2) is 43.5 Å². The fourth-order valence-electron chi connectivity index (χ4n) is 1.84. The summed E-state index contributed by atoms with van der Waals surface area (Å²) in [6.45, 7) is 5.77. The van der Waals surface area contributed by atoms with Gasteiger partial charge >= 0.3 is 0 Å². The Hall–Kier alpha value is -0.410. The molecule has 3 heteroatoms. The number of morpholine rings is 1. The van der Waals surface area contributed by atoms with E-state index < -0.39 is 0 Å². The van der Waals surface area contributed by atoms with E-state index >= 15 is 0 Å². The Morgan fingerprint density at radius 1 is 1.46 bits per heavy atom. The Labute approximate surface area is 80.1 Å². The second-order valence-corrected chi connectivity index (χ2v) is 3.49. The summed E-state index contributed by atoms with van der Waals surface area (Å²) in [6, 6.07) is 0.450. The van der Waals surface area contributed by atoms with Gasteiger partial charge in [-0.1, -0.05) is 13.3 Å². The first-order valence-electron chi connectivity index (χ1n) is 5.14. The van der Waals surface area contributed by atoms with Gasteiger partial charge in [-0.05, 0) is 6.42 Å². The Bertz CT molecular complexity index is 144. The van der Waals surface area contributed by atoms with Crippen LogP contribution in [0.4, 0.5) is 0 Å². The van der Waals surface area contributed by atoms with Gasteiger partial charge in [-0.15, -0.1) is 0 Å². The highest BCUT2D eigenvalue weighted by Crippen LogP contribution is 2.11. The predicted molar refractivity (Wildman–Crippen MR) is 51.8 cm³/mol. The lowest BCUT2D eigenvalue weighted by Crippen LogP contribution is -2.43. The maximum absolute atomic E-state index is 10.5. The zero-order valence-corrected chi connectivity index (χ0v) is 8.37. The molecule has 0 radical (unpaired) electrons. The summed E-state index contributed by atoms with van der Waals surface area (Å²) in [4.78, 5) is 12.9. The van der Waals surface area contributed by atoms with Crippen LogP contribution in [0, 0.1) is 0 Å². The number of nitrogens with zero attached hydrogens (tertiary/aromatic N) is 1. The van der Waals surface area contributed by atoms with Gasteiger partial charge < -0.3 is 9.53 Å². The van der Waals surface area contributed by atoms with Gasteiger partial charge in [0.2, 0.25) is 0 Å². The highest BCUT2D eigenvalue weighted by atomic mass is 16.5. The SMILES string of the molecule is CCCC(CC=O)N1CCOCC1. The second kappa shape index (κ2) is 6.11. The third kappa shape index (κ3) is 3.44.